The lowest BCUT2D eigenvalue weighted by atomic mass is 10.1. The van der Waals surface area contributed by atoms with E-state index in [0.29, 0.717) is 5.56 Å². The zero-order valence-electron chi connectivity index (χ0n) is 7.67. The molecule has 1 heterocycles. The Morgan fingerprint density at radius 2 is 2.27 bits per heavy atom. The number of alkyl halides is 3. The third kappa shape index (κ3) is 2.54. The molecule has 6 heteroatoms. The lowest BCUT2D eigenvalue weighted by Crippen LogP contribution is -2.05. The van der Waals surface area contributed by atoms with Gasteiger partial charge in [-0.3, -0.25) is 0 Å². The summed E-state index contributed by atoms with van der Waals surface area (Å²) in [5.74, 6) is -0.131. The molecule has 1 rings (SSSR count). The quantitative estimate of drug-likeness (QED) is 0.813. The van der Waals surface area contributed by atoms with Gasteiger partial charge >= 0.3 is 0 Å². The van der Waals surface area contributed by atoms with Crippen LogP contribution in [-0.2, 0) is 12.3 Å². The Morgan fingerprint density at radius 3 is 2.73 bits per heavy atom. The van der Waals surface area contributed by atoms with Crippen molar-refractivity contribution in [3.63, 3.8) is 0 Å². The summed E-state index contributed by atoms with van der Waals surface area (Å²) < 4.78 is 25.1. The highest BCUT2D eigenvalue weighted by molar-refractivity contribution is 6.17. The molecule has 15 heavy (non-hydrogen) atoms. The minimum Gasteiger partial charge on any atom is -0.384 e. The van der Waals surface area contributed by atoms with Crippen molar-refractivity contribution in [2.75, 3.05) is 5.73 Å². The summed E-state index contributed by atoms with van der Waals surface area (Å²) in [4.78, 5) is 3.52. The second-order valence-electron chi connectivity index (χ2n) is 2.84. The highest BCUT2D eigenvalue weighted by Gasteiger charge is 2.18. The molecule has 1 aromatic rings. The van der Waals surface area contributed by atoms with Crippen molar-refractivity contribution in [1.29, 1.82) is 5.26 Å². The number of rotatable bonds is 3. The van der Waals surface area contributed by atoms with Crippen molar-refractivity contribution < 1.29 is 8.78 Å². The molecular formula is C9H8ClF2N3. The Bertz CT molecular complexity index is 401. The predicted octanol–water partition coefficient (Wildman–Crippen LogP) is 2.41. The molecule has 0 atom stereocenters. The first-order chi connectivity index (χ1) is 7.10. The first kappa shape index (κ1) is 11.7. The van der Waals surface area contributed by atoms with Gasteiger partial charge in [0, 0.05) is 5.88 Å². The fraction of sp³-hybridized carbons (Fsp3) is 0.333. The average molecular weight is 232 g/mol. The molecule has 80 valence electrons. The maximum Gasteiger partial charge on any atom is 0.280 e. The Morgan fingerprint density at radius 1 is 1.60 bits per heavy atom. The molecule has 0 bridgehead atoms. The first-order valence-electron chi connectivity index (χ1n) is 4.09. The van der Waals surface area contributed by atoms with Crippen LogP contribution in [0.5, 0.6) is 0 Å². The molecule has 0 aliphatic rings. The molecule has 0 saturated heterocycles. The van der Waals surface area contributed by atoms with Gasteiger partial charge in [-0.1, -0.05) is 0 Å². The van der Waals surface area contributed by atoms with E-state index in [1.807, 2.05) is 6.07 Å². The van der Waals surface area contributed by atoms with Gasteiger partial charge in [-0.25, -0.2) is 13.8 Å². The number of aromatic nitrogens is 1. The van der Waals surface area contributed by atoms with E-state index in [2.05, 4.69) is 4.98 Å². The number of halogens is 3. The van der Waals surface area contributed by atoms with Gasteiger partial charge in [-0.2, -0.15) is 5.26 Å². The van der Waals surface area contributed by atoms with E-state index in [1.165, 1.54) is 6.07 Å². The van der Waals surface area contributed by atoms with E-state index >= 15 is 0 Å². The lowest BCUT2D eigenvalue weighted by molar-refractivity contribution is 0.145. The largest absolute Gasteiger partial charge is 0.384 e. The van der Waals surface area contributed by atoms with Crippen molar-refractivity contribution in [2.45, 2.75) is 18.7 Å². The summed E-state index contributed by atoms with van der Waals surface area (Å²) in [7, 11) is 0. The molecular weight excluding hydrogens is 224 g/mol. The summed E-state index contributed by atoms with van der Waals surface area (Å²) >= 11 is 5.55. The number of nitrogen functional groups attached to an aromatic ring is 1. The van der Waals surface area contributed by atoms with Crippen molar-refractivity contribution in [2.24, 2.45) is 0 Å². The summed E-state index contributed by atoms with van der Waals surface area (Å²) in [6.45, 7) is 0. The lowest BCUT2D eigenvalue weighted by Gasteiger charge is -2.10. The van der Waals surface area contributed by atoms with Crippen LogP contribution in [0.3, 0.4) is 0 Å². The first-order valence-corrected chi connectivity index (χ1v) is 4.62. The highest BCUT2D eigenvalue weighted by atomic mass is 35.5. The predicted molar refractivity (Wildman–Crippen MR) is 52.5 cm³/mol. The molecule has 0 saturated carbocycles. The van der Waals surface area contributed by atoms with Crippen LogP contribution in [0.2, 0.25) is 0 Å². The standard InChI is InChI=1S/C9H8ClF2N3/c10-4-6-5(1-2-13)3-7(14)15-8(6)9(11)12/h3,9H,1,4H2,(H2,14,15). The van der Waals surface area contributed by atoms with Gasteiger partial charge in [0.1, 0.15) is 11.5 Å². The number of anilines is 1. The number of hydrogen-bond donors (Lipinski definition) is 1. The second-order valence-corrected chi connectivity index (χ2v) is 3.11. The minimum atomic E-state index is -2.74. The van der Waals surface area contributed by atoms with Crippen LogP contribution in [0, 0.1) is 11.3 Å². The molecule has 3 nitrogen and oxygen atoms in total. The molecule has 0 unspecified atom stereocenters. The fourth-order valence-electron chi connectivity index (χ4n) is 1.25. The summed E-state index contributed by atoms with van der Waals surface area (Å²) in [5, 5.41) is 8.52. The van der Waals surface area contributed by atoms with Crippen LogP contribution in [-0.4, -0.2) is 4.98 Å². The van der Waals surface area contributed by atoms with Crippen molar-refractivity contribution in [3.8, 4) is 6.07 Å². The van der Waals surface area contributed by atoms with Gasteiger partial charge < -0.3 is 5.73 Å². The smallest absolute Gasteiger partial charge is 0.280 e. The molecule has 0 fully saturated rings. The minimum absolute atomic E-state index is 0.00546. The van der Waals surface area contributed by atoms with Crippen LogP contribution in [0.4, 0.5) is 14.6 Å². The van der Waals surface area contributed by atoms with Crippen molar-refractivity contribution >= 4 is 17.4 Å². The van der Waals surface area contributed by atoms with E-state index in [9.17, 15) is 8.78 Å². The van der Waals surface area contributed by atoms with Gasteiger partial charge in [-0.15, -0.1) is 11.6 Å². The SMILES string of the molecule is N#CCc1cc(N)nc(C(F)F)c1CCl. The molecule has 2 N–H and O–H groups in total. The maximum absolute atomic E-state index is 12.6. The van der Waals surface area contributed by atoms with E-state index in [1.54, 1.807) is 0 Å². The van der Waals surface area contributed by atoms with Crippen LogP contribution in [0.25, 0.3) is 0 Å². The fourth-order valence-corrected chi connectivity index (χ4v) is 1.56. The van der Waals surface area contributed by atoms with Gasteiger partial charge in [0.15, 0.2) is 0 Å². The van der Waals surface area contributed by atoms with Crippen molar-refractivity contribution in [3.05, 3.63) is 22.9 Å². The third-order valence-electron chi connectivity index (χ3n) is 1.88. The Balaban J connectivity index is 3.33. The zero-order chi connectivity index (χ0) is 11.4. The molecule has 0 aliphatic heterocycles. The normalized spacial score (nSPS) is 10.3. The second kappa shape index (κ2) is 4.89. The maximum atomic E-state index is 12.6. The number of nitriles is 1. The number of nitrogens with zero attached hydrogens (tertiary/aromatic N) is 2. The Hall–Kier alpha value is -1.41. The van der Waals surface area contributed by atoms with Gasteiger partial charge in [0.25, 0.3) is 6.43 Å². The Labute approximate surface area is 90.5 Å². The van der Waals surface area contributed by atoms with Crippen LogP contribution < -0.4 is 5.73 Å². The van der Waals surface area contributed by atoms with Crippen LogP contribution in [0.15, 0.2) is 6.07 Å². The summed E-state index contributed by atoms with van der Waals surface area (Å²) in [6.07, 6.45) is -2.74. The van der Waals surface area contributed by atoms with Crippen LogP contribution in [0.1, 0.15) is 23.2 Å². The molecule has 0 aromatic carbocycles. The van der Waals surface area contributed by atoms with Crippen LogP contribution >= 0.6 is 11.6 Å². The van der Waals surface area contributed by atoms with Gasteiger partial charge in [0.2, 0.25) is 0 Å². The molecule has 1 aromatic heterocycles. The number of pyridine rings is 1. The molecule has 0 spiro atoms. The van der Waals surface area contributed by atoms with Gasteiger partial charge in [0.05, 0.1) is 12.5 Å². The monoisotopic (exact) mass is 231 g/mol. The Kier molecular flexibility index (Phi) is 3.81. The molecule has 0 aliphatic carbocycles. The summed E-state index contributed by atoms with van der Waals surface area (Å²) in [6, 6.07) is 3.26. The number of nitrogens with two attached hydrogens (primary N) is 1. The van der Waals surface area contributed by atoms with E-state index in [4.69, 9.17) is 22.6 Å². The highest BCUT2D eigenvalue weighted by Crippen LogP contribution is 2.26. The van der Waals surface area contributed by atoms with E-state index in [-0.39, 0.29) is 23.7 Å². The third-order valence-corrected chi connectivity index (χ3v) is 2.15. The molecule has 0 amide bonds. The van der Waals surface area contributed by atoms with Gasteiger partial charge in [-0.05, 0) is 17.2 Å². The van der Waals surface area contributed by atoms with E-state index < -0.39 is 12.1 Å². The number of hydrogen-bond acceptors (Lipinski definition) is 3. The summed E-state index contributed by atoms with van der Waals surface area (Å²) in [5.41, 5.74) is 5.53. The zero-order valence-corrected chi connectivity index (χ0v) is 8.43. The topological polar surface area (TPSA) is 62.7 Å². The molecule has 0 radical (unpaired) electrons. The average Bonchev–Trinajstić information content (AvgIpc) is 2.17. The van der Waals surface area contributed by atoms with E-state index in [0.717, 1.165) is 0 Å². The van der Waals surface area contributed by atoms with Crippen molar-refractivity contribution in [1.82, 2.24) is 4.98 Å².